The number of thiophene rings is 1. The second kappa shape index (κ2) is 5.49. The van der Waals surface area contributed by atoms with Gasteiger partial charge in [0.1, 0.15) is 17.3 Å². The van der Waals surface area contributed by atoms with Crippen molar-refractivity contribution in [3.8, 4) is 0 Å². The number of nitrogens with two attached hydrogens (primary N) is 1. The summed E-state index contributed by atoms with van der Waals surface area (Å²) in [6, 6.07) is 6.19. The van der Waals surface area contributed by atoms with Crippen molar-refractivity contribution < 1.29 is 13.9 Å². The van der Waals surface area contributed by atoms with Crippen LogP contribution in [0.25, 0.3) is 0 Å². The Bertz CT molecular complexity index is 585. The maximum atomic E-state index is 13.5. The Balaban J connectivity index is 2.04. The molecule has 0 aliphatic heterocycles. The molecule has 1 aromatic carbocycles. The highest BCUT2D eigenvalue weighted by Gasteiger charge is 2.13. The Morgan fingerprint density at radius 1 is 1.44 bits per heavy atom. The summed E-state index contributed by atoms with van der Waals surface area (Å²) in [6.07, 6.45) is 0. The zero-order chi connectivity index (χ0) is 13.1. The van der Waals surface area contributed by atoms with Gasteiger partial charge in [-0.2, -0.15) is 0 Å². The Labute approximate surface area is 116 Å². The lowest BCUT2D eigenvalue weighted by atomic mass is 10.2. The molecule has 0 atom stereocenters. The first-order valence-corrected chi connectivity index (χ1v) is 6.69. The van der Waals surface area contributed by atoms with Crippen molar-refractivity contribution in [1.82, 2.24) is 0 Å². The number of esters is 1. The minimum atomic E-state index is -0.537. The molecule has 0 aliphatic carbocycles. The van der Waals surface area contributed by atoms with Crippen molar-refractivity contribution in [3.05, 3.63) is 50.4 Å². The number of carbonyl (C=O) groups excluding carboxylic acids is 1. The van der Waals surface area contributed by atoms with Gasteiger partial charge in [-0.15, -0.1) is 11.3 Å². The monoisotopic (exact) mass is 329 g/mol. The van der Waals surface area contributed by atoms with E-state index in [9.17, 15) is 9.18 Å². The zero-order valence-corrected chi connectivity index (χ0v) is 11.6. The average molecular weight is 330 g/mol. The van der Waals surface area contributed by atoms with Gasteiger partial charge in [0, 0.05) is 10.0 Å². The van der Waals surface area contributed by atoms with E-state index < -0.39 is 11.8 Å². The molecule has 2 N–H and O–H groups in total. The van der Waals surface area contributed by atoms with Crippen LogP contribution in [0.5, 0.6) is 0 Å². The van der Waals surface area contributed by atoms with Gasteiger partial charge in [-0.05, 0) is 23.6 Å². The van der Waals surface area contributed by atoms with Crippen LogP contribution >= 0.6 is 27.3 Å². The predicted octanol–water partition coefficient (Wildman–Crippen LogP) is 3.59. The fraction of sp³-hybridized carbons (Fsp3) is 0.0833. The SMILES string of the molecule is Nc1ccsc1C(=O)OCc1ccc(Br)cc1F. The number of halogens is 2. The third kappa shape index (κ3) is 2.88. The summed E-state index contributed by atoms with van der Waals surface area (Å²) in [7, 11) is 0. The van der Waals surface area contributed by atoms with Crippen molar-refractivity contribution in [1.29, 1.82) is 0 Å². The van der Waals surface area contributed by atoms with E-state index in [-0.39, 0.29) is 6.61 Å². The van der Waals surface area contributed by atoms with Crippen LogP contribution in [0.1, 0.15) is 15.2 Å². The van der Waals surface area contributed by atoms with Crippen LogP contribution in [-0.2, 0) is 11.3 Å². The molecule has 2 aromatic rings. The first-order valence-electron chi connectivity index (χ1n) is 5.02. The second-order valence-corrected chi connectivity index (χ2v) is 5.35. The molecule has 6 heteroatoms. The number of nitrogen functional groups attached to an aromatic ring is 1. The zero-order valence-electron chi connectivity index (χ0n) is 9.15. The van der Waals surface area contributed by atoms with E-state index >= 15 is 0 Å². The van der Waals surface area contributed by atoms with E-state index in [1.807, 2.05) is 0 Å². The molecule has 3 nitrogen and oxygen atoms in total. The molecule has 0 radical (unpaired) electrons. The smallest absolute Gasteiger partial charge is 0.350 e. The van der Waals surface area contributed by atoms with Gasteiger partial charge in [0.05, 0.1) is 5.69 Å². The van der Waals surface area contributed by atoms with E-state index in [0.717, 1.165) is 0 Å². The maximum absolute atomic E-state index is 13.5. The molecule has 0 amide bonds. The third-order valence-corrected chi connectivity index (χ3v) is 3.66. The molecule has 1 heterocycles. The lowest BCUT2D eigenvalue weighted by Crippen LogP contribution is -2.06. The normalized spacial score (nSPS) is 10.3. The van der Waals surface area contributed by atoms with Crippen LogP contribution in [0.3, 0.4) is 0 Å². The van der Waals surface area contributed by atoms with Gasteiger partial charge in [0.15, 0.2) is 0 Å². The van der Waals surface area contributed by atoms with Crippen LogP contribution in [0.15, 0.2) is 34.1 Å². The summed E-state index contributed by atoms with van der Waals surface area (Å²) in [5.41, 5.74) is 6.29. The minimum Gasteiger partial charge on any atom is -0.456 e. The second-order valence-electron chi connectivity index (χ2n) is 3.52. The highest BCUT2D eigenvalue weighted by Crippen LogP contribution is 2.21. The van der Waals surface area contributed by atoms with Gasteiger partial charge in [-0.25, -0.2) is 9.18 Å². The molecule has 0 fully saturated rings. The number of ether oxygens (including phenoxy) is 1. The third-order valence-electron chi connectivity index (χ3n) is 2.25. The average Bonchev–Trinajstić information content (AvgIpc) is 2.74. The van der Waals surface area contributed by atoms with Crippen molar-refractivity contribution >= 4 is 38.9 Å². The minimum absolute atomic E-state index is 0.116. The first kappa shape index (κ1) is 13.0. The predicted molar refractivity (Wildman–Crippen MR) is 72.0 cm³/mol. The van der Waals surface area contributed by atoms with Crippen molar-refractivity contribution in [2.24, 2.45) is 0 Å². The Kier molecular flexibility index (Phi) is 3.98. The summed E-state index contributed by atoms with van der Waals surface area (Å²) in [4.78, 5) is 12.0. The molecule has 18 heavy (non-hydrogen) atoms. The van der Waals surface area contributed by atoms with Crippen LogP contribution in [0.2, 0.25) is 0 Å². The van der Waals surface area contributed by atoms with Gasteiger partial charge in [-0.3, -0.25) is 0 Å². The molecule has 1 aromatic heterocycles. The number of anilines is 1. The van der Waals surface area contributed by atoms with Crippen LogP contribution < -0.4 is 5.73 Å². The summed E-state index contributed by atoms with van der Waals surface area (Å²) in [6.45, 7) is -0.116. The van der Waals surface area contributed by atoms with E-state index in [1.165, 1.54) is 17.4 Å². The molecular weight excluding hydrogens is 321 g/mol. The Hall–Kier alpha value is -1.40. The topological polar surface area (TPSA) is 52.3 Å². The molecule has 0 saturated heterocycles. The fourth-order valence-corrected chi connectivity index (χ4v) is 2.38. The van der Waals surface area contributed by atoms with Gasteiger partial charge in [0.2, 0.25) is 0 Å². The molecule has 2 rings (SSSR count). The summed E-state index contributed by atoms with van der Waals surface area (Å²) >= 11 is 4.35. The lowest BCUT2D eigenvalue weighted by Gasteiger charge is -2.05. The van der Waals surface area contributed by atoms with Crippen LogP contribution in [-0.4, -0.2) is 5.97 Å². The molecule has 94 valence electrons. The molecule has 0 spiro atoms. The molecule has 0 saturated carbocycles. The highest BCUT2D eigenvalue weighted by atomic mass is 79.9. The van der Waals surface area contributed by atoms with E-state index in [4.69, 9.17) is 10.5 Å². The number of rotatable bonds is 3. The number of hydrogen-bond acceptors (Lipinski definition) is 4. The molecule has 0 bridgehead atoms. The summed E-state index contributed by atoms with van der Waals surface area (Å²) in [5.74, 6) is -0.957. The van der Waals surface area contributed by atoms with Gasteiger partial charge < -0.3 is 10.5 Å². The number of benzene rings is 1. The summed E-state index contributed by atoms with van der Waals surface area (Å²) in [5, 5.41) is 1.70. The van der Waals surface area contributed by atoms with Crippen molar-refractivity contribution in [2.45, 2.75) is 6.61 Å². The Morgan fingerprint density at radius 3 is 2.83 bits per heavy atom. The van der Waals surface area contributed by atoms with Gasteiger partial charge in [0.25, 0.3) is 0 Å². The lowest BCUT2D eigenvalue weighted by molar-refractivity contribution is 0.0476. The standard InChI is InChI=1S/C12H9BrFNO2S/c13-8-2-1-7(9(14)5-8)6-17-12(16)11-10(15)3-4-18-11/h1-5H,6,15H2. The maximum Gasteiger partial charge on any atom is 0.350 e. The van der Waals surface area contributed by atoms with Crippen molar-refractivity contribution in [2.75, 3.05) is 5.73 Å². The van der Waals surface area contributed by atoms with Crippen LogP contribution in [0.4, 0.5) is 10.1 Å². The molecular formula is C12H9BrFNO2S. The Morgan fingerprint density at radius 2 is 2.22 bits per heavy atom. The van der Waals surface area contributed by atoms with E-state index in [0.29, 0.717) is 20.6 Å². The van der Waals surface area contributed by atoms with Crippen molar-refractivity contribution in [3.63, 3.8) is 0 Å². The molecule has 0 aliphatic rings. The fourth-order valence-electron chi connectivity index (χ4n) is 1.33. The van der Waals surface area contributed by atoms with Gasteiger partial charge in [-0.1, -0.05) is 22.0 Å². The van der Waals surface area contributed by atoms with Crippen LogP contribution in [0, 0.1) is 5.82 Å². The number of carbonyl (C=O) groups is 1. The first-order chi connectivity index (χ1) is 8.58. The van der Waals surface area contributed by atoms with Gasteiger partial charge >= 0.3 is 5.97 Å². The molecule has 0 unspecified atom stereocenters. The quantitative estimate of drug-likeness (QED) is 0.875. The van der Waals surface area contributed by atoms with E-state index in [1.54, 1.807) is 23.6 Å². The highest BCUT2D eigenvalue weighted by molar-refractivity contribution is 9.10. The van der Waals surface area contributed by atoms with E-state index in [2.05, 4.69) is 15.9 Å². The summed E-state index contributed by atoms with van der Waals surface area (Å²) < 4.78 is 19.1. The largest absolute Gasteiger partial charge is 0.456 e. The number of hydrogen-bond donors (Lipinski definition) is 1.